The van der Waals surface area contributed by atoms with Gasteiger partial charge in [-0.2, -0.15) is 10.4 Å². The Kier molecular flexibility index (Phi) is 9.69. The molecule has 194 valence electrons. The van der Waals surface area contributed by atoms with Crippen LogP contribution in [0.5, 0.6) is 0 Å². The zero-order valence-corrected chi connectivity index (χ0v) is 22.3. The Morgan fingerprint density at radius 1 is 1.24 bits per heavy atom. The van der Waals surface area contributed by atoms with E-state index in [0.29, 0.717) is 11.3 Å². The average molecular weight is 504 g/mol. The minimum Gasteiger partial charge on any atom is -0.443 e. The maximum atomic E-state index is 12.1. The van der Waals surface area contributed by atoms with E-state index in [1.165, 1.54) is 13.3 Å². The predicted octanol–water partition coefficient (Wildman–Crippen LogP) is 2.52. The number of aromatic nitrogens is 5. The summed E-state index contributed by atoms with van der Waals surface area (Å²) in [6, 6.07) is 3.60. The molecule has 12 heteroatoms. The minimum atomic E-state index is -1.57. The molecule has 0 spiro atoms. The number of esters is 1. The number of hydrogen-bond acceptors (Lipinski definition) is 8. The fourth-order valence-corrected chi connectivity index (χ4v) is 3.95. The highest BCUT2D eigenvalue weighted by Gasteiger charge is 2.49. The number of carbonyl (C=O) groups is 1. The van der Waals surface area contributed by atoms with Gasteiger partial charge in [-0.15, -0.1) is 0 Å². The molecule has 2 N–H and O–H groups in total. The summed E-state index contributed by atoms with van der Waals surface area (Å²) < 4.78 is 8.71. The molecule has 3 aromatic heterocycles. The van der Waals surface area contributed by atoms with E-state index in [1.807, 2.05) is 19.9 Å². The monoisotopic (exact) mass is 504 g/mol. The number of aliphatic hydroxyl groups is 2. The first-order valence-corrected chi connectivity index (χ1v) is 12.1. The van der Waals surface area contributed by atoms with Crippen LogP contribution < -0.4 is 0 Å². The van der Waals surface area contributed by atoms with E-state index in [-0.39, 0.29) is 32.1 Å². The summed E-state index contributed by atoms with van der Waals surface area (Å²) in [5.74, 6) is -1.08. The molecular weight excluding hydrogens is 470 g/mol. The summed E-state index contributed by atoms with van der Waals surface area (Å²) >= 11 is 0. The summed E-state index contributed by atoms with van der Waals surface area (Å²) in [6.45, 7) is 11.0. The molecule has 2 atom stereocenters. The van der Waals surface area contributed by atoms with Crippen molar-refractivity contribution < 1.29 is 19.7 Å². The highest BCUT2D eigenvalue weighted by molar-refractivity contribution is 6.19. The number of nitrogens with zero attached hydrogens (tertiary/aromatic N) is 6. The number of rotatable bonds is 5. The van der Waals surface area contributed by atoms with Crippen molar-refractivity contribution in [3.63, 3.8) is 0 Å². The molecule has 3 aromatic rings. The molecule has 10 nitrogen and oxygen atoms in total. The molecule has 2 unspecified atom stereocenters. The zero-order chi connectivity index (χ0) is 28.0. The van der Waals surface area contributed by atoms with Crippen LogP contribution in [-0.4, -0.2) is 67.2 Å². The maximum absolute atomic E-state index is 12.1. The van der Waals surface area contributed by atoms with Gasteiger partial charge in [0.05, 0.1) is 23.4 Å². The van der Waals surface area contributed by atoms with Gasteiger partial charge in [0, 0.05) is 53.7 Å². The first kappa shape index (κ1) is 30.1. The third-order valence-electron chi connectivity index (χ3n) is 5.91. The van der Waals surface area contributed by atoms with E-state index < -0.39 is 22.3 Å². The third kappa shape index (κ3) is 6.99. The number of carbonyl (C=O) groups excluding carboxylic acids is 1. The lowest BCUT2D eigenvalue weighted by molar-refractivity contribution is -0.156. The fourth-order valence-electron chi connectivity index (χ4n) is 3.95. The van der Waals surface area contributed by atoms with Gasteiger partial charge in [-0.05, 0) is 39.7 Å². The standard InChI is InChI=1S/C21H25B2N5O4.C2H3N.C2H6/c1-19(2,3)18(29)32-12-27-7-4-14-16(24-11-25-17(14)27)13-8-26-28(9-13)10-15-20(22,30)5-6-21(15,23)31;1-2-3;1-2/h4,7-9,11,15,30-31H,5-6,10,12H2,1-3H3;1H3;1-2H3. The fraction of sp³-hybridized carbons (Fsp3) is 0.560. The van der Waals surface area contributed by atoms with Gasteiger partial charge in [0.15, 0.2) is 6.73 Å². The quantitative estimate of drug-likeness (QED) is 0.399. The van der Waals surface area contributed by atoms with Crippen molar-refractivity contribution in [2.24, 2.45) is 11.3 Å². The number of ether oxygens (including phenoxy) is 1. The summed E-state index contributed by atoms with van der Waals surface area (Å²) in [4.78, 5) is 20.8. The molecule has 1 aliphatic carbocycles. The third-order valence-corrected chi connectivity index (χ3v) is 5.91. The van der Waals surface area contributed by atoms with Gasteiger partial charge in [0.2, 0.25) is 0 Å². The SMILES string of the molecule is CC.CC#N.[B]C1(O)CCC([B])(O)C1Cn1cc(-c2ncnc3c2ccn3COC(=O)C(C)(C)C)cn1. The lowest BCUT2D eigenvalue weighted by Crippen LogP contribution is -2.47. The van der Waals surface area contributed by atoms with E-state index >= 15 is 0 Å². The second kappa shape index (κ2) is 11.9. The Morgan fingerprint density at radius 2 is 1.84 bits per heavy atom. The molecule has 1 aliphatic rings. The van der Waals surface area contributed by atoms with Gasteiger partial charge in [0.25, 0.3) is 0 Å². The second-order valence-electron chi connectivity index (χ2n) is 9.77. The highest BCUT2D eigenvalue weighted by Crippen LogP contribution is 2.40. The first-order valence-electron chi connectivity index (χ1n) is 12.1. The maximum Gasteiger partial charge on any atom is 0.312 e. The van der Waals surface area contributed by atoms with E-state index in [9.17, 15) is 15.0 Å². The number of hydrogen-bond donors (Lipinski definition) is 2. The Morgan fingerprint density at radius 3 is 2.41 bits per heavy atom. The van der Waals surface area contributed by atoms with Crippen molar-refractivity contribution >= 4 is 32.7 Å². The lowest BCUT2D eigenvalue weighted by Gasteiger charge is -2.33. The van der Waals surface area contributed by atoms with Crippen LogP contribution >= 0.6 is 0 Å². The highest BCUT2D eigenvalue weighted by atomic mass is 16.5. The molecule has 4 radical (unpaired) electrons. The number of fused-ring (bicyclic) bond motifs is 1. The molecule has 37 heavy (non-hydrogen) atoms. The summed E-state index contributed by atoms with van der Waals surface area (Å²) in [5, 5.41) is 33.2. The second-order valence-corrected chi connectivity index (χ2v) is 9.77. The van der Waals surface area contributed by atoms with Gasteiger partial charge >= 0.3 is 5.97 Å². The topological polar surface area (TPSA) is 139 Å². The molecule has 0 aromatic carbocycles. The van der Waals surface area contributed by atoms with Gasteiger partial charge < -0.3 is 14.9 Å². The first-order chi connectivity index (χ1) is 17.3. The van der Waals surface area contributed by atoms with Gasteiger partial charge in [-0.3, -0.25) is 14.0 Å². The van der Waals surface area contributed by atoms with E-state index in [0.717, 1.165) is 10.9 Å². The van der Waals surface area contributed by atoms with Crippen molar-refractivity contribution in [2.45, 2.75) is 78.7 Å². The van der Waals surface area contributed by atoms with Crippen LogP contribution in [0.25, 0.3) is 22.3 Å². The minimum absolute atomic E-state index is 0.0428. The van der Waals surface area contributed by atoms with Crippen molar-refractivity contribution in [3.8, 4) is 17.3 Å². The number of nitriles is 1. The predicted molar refractivity (Wildman–Crippen MR) is 141 cm³/mol. The summed E-state index contributed by atoms with van der Waals surface area (Å²) in [7, 11) is 11.9. The van der Waals surface area contributed by atoms with Gasteiger partial charge in [0.1, 0.15) is 27.7 Å². The molecule has 0 aliphatic heterocycles. The molecular formula is C25H34B2N6O4. The van der Waals surface area contributed by atoms with Crippen LogP contribution in [0.2, 0.25) is 0 Å². The molecule has 0 amide bonds. The van der Waals surface area contributed by atoms with Crippen LogP contribution in [0.3, 0.4) is 0 Å². The molecule has 1 saturated carbocycles. The van der Waals surface area contributed by atoms with Gasteiger partial charge in [-0.25, -0.2) is 9.97 Å². The van der Waals surface area contributed by atoms with Crippen molar-refractivity contribution in [1.82, 2.24) is 24.3 Å². The average Bonchev–Trinajstić information content (AvgIpc) is 3.52. The van der Waals surface area contributed by atoms with Gasteiger partial charge in [-0.1, -0.05) is 13.8 Å². The van der Waals surface area contributed by atoms with E-state index in [2.05, 4.69) is 15.1 Å². The van der Waals surface area contributed by atoms with E-state index in [1.54, 1.807) is 54.7 Å². The van der Waals surface area contributed by atoms with Crippen molar-refractivity contribution in [2.75, 3.05) is 0 Å². The smallest absolute Gasteiger partial charge is 0.312 e. The van der Waals surface area contributed by atoms with Crippen LogP contribution in [0, 0.1) is 22.7 Å². The van der Waals surface area contributed by atoms with Crippen LogP contribution in [0.1, 0.15) is 54.4 Å². The molecule has 4 rings (SSSR count). The molecule has 0 bridgehead atoms. The van der Waals surface area contributed by atoms with Crippen LogP contribution in [-0.2, 0) is 22.8 Å². The Balaban J connectivity index is 0.000000898. The summed E-state index contributed by atoms with van der Waals surface area (Å²) in [6.07, 6.45) is 7.02. The van der Waals surface area contributed by atoms with Crippen LogP contribution in [0.15, 0.2) is 31.0 Å². The lowest BCUT2D eigenvalue weighted by atomic mass is 9.65. The Labute approximate surface area is 220 Å². The summed E-state index contributed by atoms with van der Waals surface area (Å²) in [5.41, 5.74) is -1.74. The largest absolute Gasteiger partial charge is 0.443 e. The molecule has 1 fully saturated rings. The normalized spacial score (nSPS) is 22.8. The molecule has 0 saturated heterocycles. The Hall–Kier alpha value is -3.16. The van der Waals surface area contributed by atoms with E-state index in [4.69, 9.17) is 25.7 Å². The van der Waals surface area contributed by atoms with Crippen molar-refractivity contribution in [3.05, 3.63) is 31.0 Å². The van der Waals surface area contributed by atoms with Crippen LogP contribution in [0.4, 0.5) is 0 Å². The Bertz CT molecular complexity index is 1220. The van der Waals surface area contributed by atoms with Crippen molar-refractivity contribution in [1.29, 1.82) is 5.26 Å². The molecule has 3 heterocycles. The zero-order valence-electron chi connectivity index (χ0n) is 22.3.